The molecular formula is C33H28N2O4. The molecule has 4 aromatic carbocycles. The van der Waals surface area contributed by atoms with E-state index in [9.17, 15) is 14.4 Å². The van der Waals surface area contributed by atoms with Crippen molar-refractivity contribution >= 4 is 17.7 Å². The molecule has 0 saturated carbocycles. The van der Waals surface area contributed by atoms with Gasteiger partial charge in [-0.2, -0.15) is 0 Å². The van der Waals surface area contributed by atoms with E-state index in [1.54, 1.807) is 24.3 Å². The average Bonchev–Trinajstić information content (AvgIpc) is 3.22. The molecule has 0 aromatic heterocycles. The Kier molecular flexibility index (Phi) is 6.68. The van der Waals surface area contributed by atoms with Crippen LogP contribution in [0.4, 0.5) is 0 Å². The molecule has 39 heavy (non-hydrogen) atoms. The minimum Gasteiger partial charge on any atom is -0.493 e. The predicted molar refractivity (Wildman–Crippen MR) is 147 cm³/mol. The molecule has 2 aliphatic rings. The van der Waals surface area contributed by atoms with Crippen LogP contribution in [0.2, 0.25) is 0 Å². The molecule has 0 N–H and O–H groups in total. The summed E-state index contributed by atoms with van der Waals surface area (Å²) in [6.45, 7) is 0.464. The van der Waals surface area contributed by atoms with Gasteiger partial charge in [0.15, 0.2) is 0 Å². The fourth-order valence-corrected chi connectivity index (χ4v) is 5.64. The van der Waals surface area contributed by atoms with Gasteiger partial charge in [0.25, 0.3) is 11.8 Å². The molecule has 194 valence electrons. The van der Waals surface area contributed by atoms with Crippen LogP contribution >= 0.6 is 0 Å². The van der Waals surface area contributed by atoms with Crippen molar-refractivity contribution in [2.45, 2.75) is 19.0 Å². The number of carbonyl (C=O) groups is 3. The molecule has 6 heteroatoms. The van der Waals surface area contributed by atoms with E-state index < -0.39 is 11.8 Å². The van der Waals surface area contributed by atoms with Gasteiger partial charge in [-0.25, -0.2) is 0 Å². The lowest BCUT2D eigenvalue weighted by Crippen LogP contribution is -2.47. The van der Waals surface area contributed by atoms with E-state index in [-0.39, 0.29) is 24.4 Å². The van der Waals surface area contributed by atoms with Gasteiger partial charge in [-0.15, -0.1) is 0 Å². The van der Waals surface area contributed by atoms with Crippen LogP contribution in [0.5, 0.6) is 5.75 Å². The van der Waals surface area contributed by atoms with Crippen molar-refractivity contribution in [1.29, 1.82) is 0 Å². The predicted octanol–water partition coefficient (Wildman–Crippen LogP) is 5.30. The molecule has 2 unspecified atom stereocenters. The lowest BCUT2D eigenvalue weighted by Gasteiger charge is -2.41. The van der Waals surface area contributed by atoms with Crippen molar-refractivity contribution in [3.8, 4) is 5.75 Å². The fourth-order valence-electron chi connectivity index (χ4n) is 5.64. The molecule has 0 aliphatic carbocycles. The highest BCUT2D eigenvalue weighted by molar-refractivity contribution is 6.22. The number of fused-ring (bicyclic) bond motifs is 2. The lowest BCUT2D eigenvalue weighted by atomic mass is 9.84. The van der Waals surface area contributed by atoms with Crippen molar-refractivity contribution in [3.63, 3.8) is 0 Å². The first kappa shape index (κ1) is 24.6. The number of nitrogens with zero attached hydrogens (tertiary/aromatic N) is 2. The van der Waals surface area contributed by atoms with Gasteiger partial charge >= 0.3 is 0 Å². The number of hydrogen-bond acceptors (Lipinski definition) is 4. The summed E-state index contributed by atoms with van der Waals surface area (Å²) in [4.78, 5) is 43.3. The quantitative estimate of drug-likeness (QED) is 0.313. The zero-order valence-electron chi connectivity index (χ0n) is 21.4. The van der Waals surface area contributed by atoms with Gasteiger partial charge in [0.2, 0.25) is 5.91 Å². The van der Waals surface area contributed by atoms with Gasteiger partial charge < -0.3 is 9.64 Å². The number of para-hydroxylation sites is 1. The van der Waals surface area contributed by atoms with Crippen LogP contribution in [0.3, 0.4) is 0 Å². The van der Waals surface area contributed by atoms with Crippen LogP contribution in [0.25, 0.3) is 0 Å². The minimum atomic E-state index is -0.433. The average molecular weight is 517 g/mol. The van der Waals surface area contributed by atoms with Gasteiger partial charge in [-0.05, 0) is 35.7 Å². The van der Waals surface area contributed by atoms with E-state index in [2.05, 4.69) is 12.1 Å². The van der Waals surface area contributed by atoms with Crippen molar-refractivity contribution in [2.75, 3.05) is 13.2 Å². The third kappa shape index (κ3) is 4.81. The Hall–Kier alpha value is -4.71. The fraction of sp³-hybridized carbons (Fsp3) is 0.182. The van der Waals surface area contributed by atoms with Crippen molar-refractivity contribution in [3.05, 3.63) is 137 Å². The molecule has 6 nitrogen and oxygen atoms in total. The number of rotatable bonds is 7. The second-order valence-corrected chi connectivity index (χ2v) is 9.99. The Bertz CT molecular complexity index is 1480. The zero-order chi connectivity index (χ0) is 26.8. The van der Waals surface area contributed by atoms with E-state index in [0.29, 0.717) is 30.7 Å². The van der Waals surface area contributed by atoms with Crippen LogP contribution in [-0.4, -0.2) is 40.7 Å². The van der Waals surface area contributed by atoms with Gasteiger partial charge in [-0.1, -0.05) is 91.0 Å². The highest BCUT2D eigenvalue weighted by Gasteiger charge is 2.41. The molecule has 0 fully saturated rings. The molecule has 6 rings (SSSR count). The molecular weight excluding hydrogens is 488 g/mol. The Labute approximate surface area is 227 Å². The van der Waals surface area contributed by atoms with Crippen LogP contribution < -0.4 is 4.74 Å². The number of amides is 3. The third-order valence-corrected chi connectivity index (χ3v) is 7.50. The second kappa shape index (κ2) is 10.6. The highest BCUT2D eigenvalue weighted by Crippen LogP contribution is 2.41. The van der Waals surface area contributed by atoms with Crippen molar-refractivity contribution < 1.29 is 19.1 Å². The first-order valence-corrected chi connectivity index (χ1v) is 13.1. The molecule has 3 amide bonds. The van der Waals surface area contributed by atoms with E-state index in [1.165, 1.54) is 0 Å². The highest BCUT2D eigenvalue weighted by atomic mass is 16.5. The number of benzene rings is 4. The summed E-state index contributed by atoms with van der Waals surface area (Å²) < 4.78 is 6.17. The summed E-state index contributed by atoms with van der Waals surface area (Å²) >= 11 is 0. The molecule has 2 heterocycles. The summed E-state index contributed by atoms with van der Waals surface area (Å²) in [7, 11) is 0. The number of ether oxygens (including phenoxy) is 1. The standard InChI is InChI=1S/C33H28N2O4/c36-30(21-35-32(37)26-15-7-8-16-27(26)33(35)38)34(20-24-13-5-2-6-14-24)31-25(19-23-11-3-1-4-12-23)22-39-29-18-10-9-17-28(29)31/h1-18,25,31H,19-22H2. The van der Waals surface area contributed by atoms with E-state index in [0.717, 1.165) is 27.3 Å². The Morgan fingerprint density at radius 1 is 0.744 bits per heavy atom. The second-order valence-electron chi connectivity index (χ2n) is 9.99. The molecule has 4 aromatic rings. The first-order valence-electron chi connectivity index (χ1n) is 13.1. The molecule has 0 bridgehead atoms. The molecule has 0 spiro atoms. The van der Waals surface area contributed by atoms with E-state index >= 15 is 0 Å². The van der Waals surface area contributed by atoms with Crippen LogP contribution in [0, 0.1) is 5.92 Å². The smallest absolute Gasteiger partial charge is 0.262 e. The van der Waals surface area contributed by atoms with Gasteiger partial charge in [0, 0.05) is 18.0 Å². The zero-order valence-corrected chi connectivity index (χ0v) is 21.4. The molecule has 2 aliphatic heterocycles. The normalized spacial score (nSPS) is 17.8. The van der Waals surface area contributed by atoms with Gasteiger partial charge in [0.1, 0.15) is 12.3 Å². The Morgan fingerprint density at radius 2 is 1.31 bits per heavy atom. The summed E-state index contributed by atoms with van der Waals surface area (Å²) in [5.74, 6) is -0.433. The molecule has 0 saturated heterocycles. The maximum absolute atomic E-state index is 14.2. The topological polar surface area (TPSA) is 66.9 Å². The van der Waals surface area contributed by atoms with E-state index in [1.807, 2.05) is 77.7 Å². The monoisotopic (exact) mass is 516 g/mol. The first-order chi connectivity index (χ1) is 19.1. The lowest BCUT2D eigenvalue weighted by molar-refractivity contribution is -0.137. The van der Waals surface area contributed by atoms with Crippen LogP contribution in [0.1, 0.15) is 43.4 Å². The number of hydrogen-bond donors (Lipinski definition) is 0. The summed E-state index contributed by atoms with van der Waals surface area (Å²) in [5, 5.41) is 0. The molecule has 2 atom stereocenters. The minimum absolute atomic E-state index is 0.0304. The number of imide groups is 1. The van der Waals surface area contributed by atoms with Crippen LogP contribution in [0.15, 0.2) is 109 Å². The van der Waals surface area contributed by atoms with Gasteiger partial charge in [0.05, 0.1) is 23.8 Å². The Balaban J connectivity index is 1.38. The van der Waals surface area contributed by atoms with Gasteiger partial charge in [-0.3, -0.25) is 19.3 Å². The maximum atomic E-state index is 14.2. The molecule has 0 radical (unpaired) electrons. The summed E-state index contributed by atoms with van der Waals surface area (Å²) in [5.41, 5.74) is 3.72. The van der Waals surface area contributed by atoms with Crippen molar-refractivity contribution in [2.24, 2.45) is 5.92 Å². The van der Waals surface area contributed by atoms with Crippen molar-refractivity contribution in [1.82, 2.24) is 9.80 Å². The Morgan fingerprint density at radius 3 is 1.97 bits per heavy atom. The van der Waals surface area contributed by atoms with E-state index in [4.69, 9.17) is 4.74 Å². The van der Waals surface area contributed by atoms with Crippen LogP contribution in [-0.2, 0) is 17.8 Å². The maximum Gasteiger partial charge on any atom is 0.262 e. The SMILES string of the molecule is O=C1c2ccccc2C(=O)N1CC(=O)N(Cc1ccccc1)C1c2ccccc2OCC1Cc1ccccc1. The summed E-state index contributed by atoms with van der Waals surface area (Å²) in [6.07, 6.45) is 0.714. The summed E-state index contributed by atoms with van der Waals surface area (Å²) in [6, 6.07) is 34.2. The largest absolute Gasteiger partial charge is 0.493 e. The number of carbonyl (C=O) groups excluding carboxylic acids is 3. The third-order valence-electron chi connectivity index (χ3n) is 7.50.